The van der Waals surface area contributed by atoms with Crippen molar-refractivity contribution in [1.29, 1.82) is 0 Å². The highest BCUT2D eigenvalue weighted by Gasteiger charge is 2.40. The number of ether oxygens (including phenoxy) is 1. The molecule has 1 saturated carbocycles. The summed E-state index contributed by atoms with van der Waals surface area (Å²) in [6.45, 7) is 3.35. The van der Waals surface area contributed by atoms with E-state index in [0.717, 1.165) is 32.1 Å². The Morgan fingerprint density at radius 2 is 2.05 bits per heavy atom. The van der Waals surface area contributed by atoms with E-state index in [0.29, 0.717) is 38.4 Å². The summed E-state index contributed by atoms with van der Waals surface area (Å²) < 4.78 is 7.07. The van der Waals surface area contributed by atoms with E-state index < -0.39 is 11.4 Å². The van der Waals surface area contributed by atoms with Gasteiger partial charge in [-0.15, -0.1) is 5.10 Å². The second-order valence-corrected chi connectivity index (χ2v) is 5.81. The summed E-state index contributed by atoms with van der Waals surface area (Å²) >= 11 is 0. The third-order valence-corrected chi connectivity index (χ3v) is 4.15. The summed E-state index contributed by atoms with van der Waals surface area (Å²) in [5.41, 5.74) is -0.745. The van der Waals surface area contributed by atoms with Gasteiger partial charge in [0.25, 0.3) is 0 Å². The molecule has 7 nitrogen and oxygen atoms in total. The number of carboxylic acid groups (broad SMARTS) is 1. The second-order valence-electron chi connectivity index (χ2n) is 5.81. The number of carboxylic acids is 1. The van der Waals surface area contributed by atoms with Crippen molar-refractivity contribution in [2.24, 2.45) is 5.41 Å². The molecule has 0 radical (unpaired) electrons. The maximum absolute atomic E-state index is 11.8. The normalized spacial score (nSPS) is 18.3. The molecule has 118 valence electrons. The van der Waals surface area contributed by atoms with Crippen LogP contribution in [0.25, 0.3) is 0 Å². The predicted molar refractivity (Wildman–Crippen MR) is 75.5 cm³/mol. The summed E-state index contributed by atoms with van der Waals surface area (Å²) in [4.78, 5) is 11.8. The molecule has 1 aromatic heterocycles. The molecular formula is C14H24N4O3. The first-order valence-corrected chi connectivity index (χ1v) is 7.74. The molecule has 0 amide bonds. The van der Waals surface area contributed by atoms with Gasteiger partial charge in [0.1, 0.15) is 6.61 Å². The van der Waals surface area contributed by atoms with Crippen LogP contribution in [0.4, 0.5) is 0 Å². The van der Waals surface area contributed by atoms with E-state index in [1.54, 1.807) is 4.68 Å². The smallest absolute Gasteiger partial charge is 0.311 e. The van der Waals surface area contributed by atoms with E-state index in [-0.39, 0.29) is 0 Å². The molecule has 21 heavy (non-hydrogen) atoms. The first-order valence-electron chi connectivity index (χ1n) is 7.74. The van der Waals surface area contributed by atoms with Gasteiger partial charge in [0.2, 0.25) is 0 Å². The fourth-order valence-electron chi connectivity index (χ4n) is 2.89. The zero-order valence-corrected chi connectivity index (χ0v) is 12.6. The van der Waals surface area contributed by atoms with Crippen LogP contribution in [0.2, 0.25) is 0 Å². The van der Waals surface area contributed by atoms with Crippen molar-refractivity contribution in [3.8, 4) is 0 Å². The Morgan fingerprint density at radius 3 is 2.67 bits per heavy atom. The van der Waals surface area contributed by atoms with Crippen molar-refractivity contribution in [2.45, 2.75) is 65.0 Å². The number of hydrogen-bond donors (Lipinski definition) is 1. The molecule has 7 heteroatoms. The minimum Gasteiger partial charge on any atom is -0.481 e. The molecule has 1 N–H and O–H groups in total. The van der Waals surface area contributed by atoms with Gasteiger partial charge in [0, 0.05) is 6.61 Å². The Labute approximate surface area is 124 Å². The van der Waals surface area contributed by atoms with Crippen molar-refractivity contribution in [2.75, 3.05) is 6.61 Å². The lowest BCUT2D eigenvalue weighted by Crippen LogP contribution is -2.36. The molecule has 0 unspecified atom stereocenters. The van der Waals surface area contributed by atoms with Gasteiger partial charge in [-0.25, -0.2) is 4.68 Å². The van der Waals surface area contributed by atoms with Crippen LogP contribution >= 0.6 is 0 Å². The number of carbonyl (C=O) groups is 1. The molecule has 1 aliphatic rings. The SMILES string of the molecule is CCCOCc1nnnn1CC1(C(=O)O)CCCCCC1. The summed E-state index contributed by atoms with van der Waals surface area (Å²) in [6, 6.07) is 0. The summed E-state index contributed by atoms with van der Waals surface area (Å²) in [5.74, 6) is -0.131. The fourth-order valence-corrected chi connectivity index (χ4v) is 2.89. The molecule has 2 rings (SSSR count). The molecule has 0 saturated heterocycles. The average molecular weight is 296 g/mol. The molecule has 1 aromatic rings. The lowest BCUT2D eigenvalue weighted by Gasteiger charge is -2.27. The predicted octanol–water partition coefficient (Wildman–Crippen LogP) is 2.02. The summed E-state index contributed by atoms with van der Waals surface area (Å²) in [6.07, 6.45) is 6.44. The monoisotopic (exact) mass is 296 g/mol. The Morgan fingerprint density at radius 1 is 1.33 bits per heavy atom. The van der Waals surface area contributed by atoms with Crippen molar-refractivity contribution in [1.82, 2.24) is 20.2 Å². The maximum Gasteiger partial charge on any atom is 0.311 e. The minimum atomic E-state index is -0.745. The maximum atomic E-state index is 11.8. The third kappa shape index (κ3) is 4.00. The molecule has 0 aromatic carbocycles. The first kappa shape index (κ1) is 15.9. The zero-order valence-electron chi connectivity index (χ0n) is 12.6. The van der Waals surface area contributed by atoms with E-state index >= 15 is 0 Å². The second kappa shape index (κ2) is 7.49. The van der Waals surface area contributed by atoms with Crippen molar-refractivity contribution in [3.63, 3.8) is 0 Å². The van der Waals surface area contributed by atoms with Crippen molar-refractivity contribution >= 4 is 5.97 Å². The van der Waals surface area contributed by atoms with Crippen LogP contribution in [0.15, 0.2) is 0 Å². The molecule has 0 atom stereocenters. The number of nitrogens with zero attached hydrogens (tertiary/aromatic N) is 4. The third-order valence-electron chi connectivity index (χ3n) is 4.15. The summed E-state index contributed by atoms with van der Waals surface area (Å²) in [5, 5.41) is 21.3. The molecule has 0 bridgehead atoms. The van der Waals surface area contributed by atoms with Gasteiger partial charge in [0.15, 0.2) is 5.82 Å². The van der Waals surface area contributed by atoms with Crippen molar-refractivity contribution in [3.05, 3.63) is 5.82 Å². The van der Waals surface area contributed by atoms with Gasteiger partial charge in [-0.2, -0.15) is 0 Å². The molecule has 0 spiro atoms. The highest BCUT2D eigenvalue weighted by Crippen LogP contribution is 2.37. The van der Waals surface area contributed by atoms with Crippen LogP contribution in [0.1, 0.15) is 57.7 Å². The van der Waals surface area contributed by atoms with Gasteiger partial charge in [-0.05, 0) is 29.7 Å². The molecule has 1 fully saturated rings. The van der Waals surface area contributed by atoms with Crippen LogP contribution in [-0.4, -0.2) is 37.9 Å². The van der Waals surface area contributed by atoms with Crippen LogP contribution in [-0.2, 0) is 22.7 Å². The summed E-state index contributed by atoms with van der Waals surface area (Å²) in [7, 11) is 0. The van der Waals surface area contributed by atoms with Gasteiger partial charge < -0.3 is 9.84 Å². The Balaban J connectivity index is 2.10. The topological polar surface area (TPSA) is 90.1 Å². The standard InChI is InChI=1S/C14H24N4O3/c1-2-9-21-10-12-15-16-17-18(12)11-14(13(19)20)7-5-3-4-6-8-14/h2-11H2,1H3,(H,19,20). The van der Waals surface area contributed by atoms with Crippen LogP contribution in [0.3, 0.4) is 0 Å². The van der Waals surface area contributed by atoms with E-state index in [4.69, 9.17) is 4.74 Å². The van der Waals surface area contributed by atoms with Crippen LogP contribution < -0.4 is 0 Å². The minimum absolute atomic E-state index is 0.330. The van der Waals surface area contributed by atoms with Gasteiger partial charge in [0.05, 0.1) is 12.0 Å². The lowest BCUT2D eigenvalue weighted by atomic mass is 9.80. The number of hydrogen-bond acceptors (Lipinski definition) is 5. The Bertz CT molecular complexity index is 453. The van der Waals surface area contributed by atoms with E-state index in [2.05, 4.69) is 15.5 Å². The average Bonchev–Trinajstić information content (AvgIpc) is 2.74. The van der Waals surface area contributed by atoms with Gasteiger partial charge in [-0.3, -0.25) is 4.79 Å². The molecule has 0 aliphatic heterocycles. The van der Waals surface area contributed by atoms with Crippen LogP contribution in [0.5, 0.6) is 0 Å². The number of aromatic nitrogens is 4. The molecule has 1 aliphatic carbocycles. The first-order chi connectivity index (χ1) is 10.2. The molecule has 1 heterocycles. The highest BCUT2D eigenvalue weighted by molar-refractivity contribution is 5.74. The number of rotatable bonds is 7. The lowest BCUT2D eigenvalue weighted by molar-refractivity contribution is -0.151. The fraction of sp³-hybridized carbons (Fsp3) is 0.857. The Kier molecular flexibility index (Phi) is 5.67. The van der Waals surface area contributed by atoms with Gasteiger partial charge >= 0.3 is 5.97 Å². The zero-order chi connectivity index (χ0) is 15.1. The number of tetrazole rings is 1. The van der Waals surface area contributed by atoms with E-state index in [1.807, 2.05) is 6.92 Å². The van der Waals surface area contributed by atoms with E-state index in [1.165, 1.54) is 0 Å². The number of aliphatic carboxylic acids is 1. The van der Waals surface area contributed by atoms with E-state index in [9.17, 15) is 9.90 Å². The highest BCUT2D eigenvalue weighted by atomic mass is 16.5. The van der Waals surface area contributed by atoms with Crippen LogP contribution in [0, 0.1) is 5.41 Å². The molecular weight excluding hydrogens is 272 g/mol. The quantitative estimate of drug-likeness (QED) is 0.611. The largest absolute Gasteiger partial charge is 0.481 e. The Hall–Kier alpha value is -1.50. The van der Waals surface area contributed by atoms with Crippen molar-refractivity contribution < 1.29 is 14.6 Å². The van der Waals surface area contributed by atoms with Gasteiger partial charge in [-0.1, -0.05) is 32.6 Å².